The van der Waals surface area contributed by atoms with Crippen LogP contribution in [0.15, 0.2) is 23.6 Å². The zero-order chi connectivity index (χ0) is 10.2. The molecule has 1 amide bonds. The van der Waals surface area contributed by atoms with Crippen molar-refractivity contribution in [3.63, 3.8) is 0 Å². The maximum absolute atomic E-state index is 11.2. The van der Waals surface area contributed by atoms with Gasteiger partial charge in [0.2, 0.25) is 5.91 Å². The van der Waals surface area contributed by atoms with Crippen molar-refractivity contribution in [1.82, 2.24) is 15.1 Å². The average Bonchev–Trinajstić information content (AvgIpc) is 2.65. The van der Waals surface area contributed by atoms with E-state index in [9.17, 15) is 4.79 Å². The van der Waals surface area contributed by atoms with Crippen molar-refractivity contribution in [2.24, 2.45) is 5.11 Å². The molecule has 1 rings (SSSR count). The standard InChI is InChI=1S/C7H10N6O/c8-12-10-4-3-9-7(14)6-13-5-1-2-11-13/h1-2,5H,3-4,6H2,(H,9,14). The molecule has 74 valence electrons. The summed E-state index contributed by atoms with van der Waals surface area (Å²) in [6, 6.07) is 1.74. The largest absolute Gasteiger partial charge is 0.354 e. The maximum Gasteiger partial charge on any atom is 0.241 e. The highest BCUT2D eigenvalue weighted by molar-refractivity contribution is 5.75. The minimum atomic E-state index is -0.151. The van der Waals surface area contributed by atoms with Crippen LogP contribution >= 0.6 is 0 Å². The molecule has 1 aromatic heterocycles. The number of hydrogen-bond donors (Lipinski definition) is 1. The molecule has 0 saturated carbocycles. The van der Waals surface area contributed by atoms with Gasteiger partial charge in [0.1, 0.15) is 6.54 Å². The Morgan fingerprint density at radius 2 is 2.57 bits per heavy atom. The van der Waals surface area contributed by atoms with Gasteiger partial charge in [-0.05, 0) is 11.6 Å². The predicted molar refractivity (Wildman–Crippen MR) is 49.2 cm³/mol. The molecule has 0 bridgehead atoms. The second kappa shape index (κ2) is 5.60. The number of carbonyl (C=O) groups excluding carboxylic acids is 1. The van der Waals surface area contributed by atoms with Crippen LogP contribution in [0, 0.1) is 0 Å². The maximum atomic E-state index is 11.2. The molecule has 7 nitrogen and oxygen atoms in total. The fraction of sp³-hybridized carbons (Fsp3) is 0.429. The predicted octanol–water partition coefficient (Wildman–Crippen LogP) is 0.310. The Kier molecular flexibility index (Phi) is 4.03. The van der Waals surface area contributed by atoms with Gasteiger partial charge in [-0.2, -0.15) is 5.10 Å². The third kappa shape index (κ3) is 3.59. The molecule has 0 aliphatic carbocycles. The van der Waals surface area contributed by atoms with Crippen molar-refractivity contribution in [2.45, 2.75) is 6.54 Å². The smallest absolute Gasteiger partial charge is 0.241 e. The summed E-state index contributed by atoms with van der Waals surface area (Å²) >= 11 is 0. The van der Waals surface area contributed by atoms with E-state index in [-0.39, 0.29) is 19.0 Å². The van der Waals surface area contributed by atoms with Gasteiger partial charge in [-0.3, -0.25) is 9.48 Å². The first-order valence-corrected chi connectivity index (χ1v) is 4.08. The van der Waals surface area contributed by atoms with Crippen molar-refractivity contribution < 1.29 is 4.79 Å². The van der Waals surface area contributed by atoms with Crippen LogP contribution in [0.5, 0.6) is 0 Å². The van der Waals surface area contributed by atoms with Crippen LogP contribution in [-0.2, 0) is 11.3 Å². The molecule has 0 atom stereocenters. The summed E-state index contributed by atoms with van der Waals surface area (Å²) < 4.78 is 1.52. The van der Waals surface area contributed by atoms with Crippen LogP contribution in [0.3, 0.4) is 0 Å². The Bertz CT molecular complexity index is 326. The summed E-state index contributed by atoms with van der Waals surface area (Å²) in [5.41, 5.74) is 7.97. The van der Waals surface area contributed by atoms with E-state index in [2.05, 4.69) is 20.4 Å². The lowest BCUT2D eigenvalue weighted by atomic mass is 10.5. The molecule has 0 aliphatic rings. The van der Waals surface area contributed by atoms with Crippen LogP contribution in [0.4, 0.5) is 0 Å². The number of hydrogen-bond acceptors (Lipinski definition) is 3. The minimum Gasteiger partial charge on any atom is -0.354 e. The van der Waals surface area contributed by atoms with Crippen LogP contribution in [0.1, 0.15) is 0 Å². The third-order valence-electron chi connectivity index (χ3n) is 1.46. The normalized spacial score (nSPS) is 9.14. The Morgan fingerprint density at radius 3 is 3.21 bits per heavy atom. The second-order valence-corrected chi connectivity index (χ2v) is 2.51. The van der Waals surface area contributed by atoms with E-state index in [0.29, 0.717) is 6.54 Å². The molecule has 1 heterocycles. The molecule has 0 aliphatic heterocycles. The summed E-state index contributed by atoms with van der Waals surface area (Å²) in [4.78, 5) is 13.7. The van der Waals surface area contributed by atoms with Gasteiger partial charge in [0.05, 0.1) is 0 Å². The molecule has 0 radical (unpaired) electrons. The topological polar surface area (TPSA) is 95.7 Å². The number of aromatic nitrogens is 2. The van der Waals surface area contributed by atoms with Gasteiger partial charge in [-0.1, -0.05) is 5.11 Å². The second-order valence-electron chi connectivity index (χ2n) is 2.51. The van der Waals surface area contributed by atoms with Gasteiger partial charge in [0.25, 0.3) is 0 Å². The molecule has 7 heteroatoms. The molecular weight excluding hydrogens is 184 g/mol. The van der Waals surface area contributed by atoms with E-state index < -0.39 is 0 Å². The SMILES string of the molecule is [N-]=[N+]=NCCNC(=O)Cn1cccn1. The highest BCUT2D eigenvalue weighted by atomic mass is 16.2. The van der Waals surface area contributed by atoms with E-state index in [1.165, 1.54) is 4.68 Å². The quantitative estimate of drug-likeness (QED) is 0.316. The van der Waals surface area contributed by atoms with Gasteiger partial charge in [0.15, 0.2) is 0 Å². The number of rotatable bonds is 5. The summed E-state index contributed by atoms with van der Waals surface area (Å²) in [6.45, 7) is 0.800. The van der Waals surface area contributed by atoms with E-state index in [1.807, 2.05) is 0 Å². The Hall–Kier alpha value is -2.01. The summed E-state index contributed by atoms with van der Waals surface area (Å²) in [6.07, 6.45) is 3.31. The molecule has 1 aromatic rings. The van der Waals surface area contributed by atoms with Crippen molar-refractivity contribution in [2.75, 3.05) is 13.1 Å². The van der Waals surface area contributed by atoms with Crippen LogP contribution in [-0.4, -0.2) is 28.8 Å². The summed E-state index contributed by atoms with van der Waals surface area (Å²) in [5.74, 6) is -0.151. The number of nitrogens with one attached hydrogen (secondary N) is 1. The van der Waals surface area contributed by atoms with Crippen LogP contribution in [0.2, 0.25) is 0 Å². The number of amides is 1. The lowest BCUT2D eigenvalue weighted by Gasteiger charge is -2.02. The zero-order valence-electron chi connectivity index (χ0n) is 7.50. The molecule has 0 fully saturated rings. The first-order valence-electron chi connectivity index (χ1n) is 4.08. The van der Waals surface area contributed by atoms with Crippen molar-refractivity contribution in [1.29, 1.82) is 0 Å². The van der Waals surface area contributed by atoms with E-state index in [4.69, 9.17) is 5.53 Å². The Balaban J connectivity index is 2.20. The summed E-state index contributed by atoms with van der Waals surface area (Å²) in [7, 11) is 0. The molecule has 0 spiro atoms. The zero-order valence-corrected chi connectivity index (χ0v) is 7.50. The molecule has 0 aromatic carbocycles. The van der Waals surface area contributed by atoms with Gasteiger partial charge in [0, 0.05) is 30.4 Å². The number of nitrogens with zero attached hydrogens (tertiary/aromatic N) is 5. The first-order chi connectivity index (χ1) is 6.83. The fourth-order valence-corrected chi connectivity index (χ4v) is 0.887. The first kappa shape index (κ1) is 10.1. The van der Waals surface area contributed by atoms with E-state index in [0.717, 1.165) is 0 Å². The molecule has 1 N–H and O–H groups in total. The lowest BCUT2D eigenvalue weighted by molar-refractivity contribution is -0.121. The lowest BCUT2D eigenvalue weighted by Crippen LogP contribution is -2.29. The molecule has 14 heavy (non-hydrogen) atoms. The highest BCUT2D eigenvalue weighted by Gasteiger charge is 2.00. The van der Waals surface area contributed by atoms with Gasteiger partial charge >= 0.3 is 0 Å². The minimum absolute atomic E-state index is 0.151. The number of carbonyl (C=O) groups is 1. The van der Waals surface area contributed by atoms with E-state index in [1.54, 1.807) is 18.5 Å². The number of azide groups is 1. The van der Waals surface area contributed by atoms with Gasteiger partial charge < -0.3 is 5.32 Å². The average molecular weight is 194 g/mol. The summed E-state index contributed by atoms with van der Waals surface area (Å²) in [5, 5.41) is 9.75. The van der Waals surface area contributed by atoms with Crippen LogP contribution < -0.4 is 5.32 Å². The molecule has 0 unspecified atom stereocenters. The monoisotopic (exact) mass is 194 g/mol. The molecular formula is C7H10N6O. The van der Waals surface area contributed by atoms with E-state index >= 15 is 0 Å². The fourth-order valence-electron chi connectivity index (χ4n) is 0.887. The Labute approximate surface area is 80.3 Å². The highest BCUT2D eigenvalue weighted by Crippen LogP contribution is 1.83. The molecule has 0 saturated heterocycles. The van der Waals surface area contributed by atoms with Crippen molar-refractivity contribution in [3.05, 3.63) is 28.9 Å². The van der Waals surface area contributed by atoms with Gasteiger partial charge in [-0.25, -0.2) is 0 Å². The van der Waals surface area contributed by atoms with Gasteiger partial charge in [-0.15, -0.1) is 0 Å². The van der Waals surface area contributed by atoms with Crippen molar-refractivity contribution >= 4 is 5.91 Å². The van der Waals surface area contributed by atoms with Crippen LogP contribution in [0.25, 0.3) is 10.4 Å². The van der Waals surface area contributed by atoms with Crippen molar-refractivity contribution in [3.8, 4) is 0 Å². The third-order valence-corrected chi connectivity index (χ3v) is 1.46. The Morgan fingerprint density at radius 1 is 1.71 bits per heavy atom.